The van der Waals surface area contributed by atoms with Gasteiger partial charge in [-0.15, -0.1) is 0 Å². The van der Waals surface area contributed by atoms with Gasteiger partial charge in [0.1, 0.15) is 5.82 Å². The predicted octanol–water partition coefficient (Wildman–Crippen LogP) is 0.934. The van der Waals surface area contributed by atoms with Crippen LogP contribution in [-0.4, -0.2) is 28.6 Å². The Morgan fingerprint density at radius 3 is 3.00 bits per heavy atom. The molecule has 19 heavy (non-hydrogen) atoms. The molecule has 0 spiro atoms. The molecule has 0 radical (unpaired) electrons. The van der Waals surface area contributed by atoms with Crippen molar-refractivity contribution in [3.63, 3.8) is 0 Å². The third-order valence-corrected chi connectivity index (χ3v) is 2.52. The summed E-state index contributed by atoms with van der Waals surface area (Å²) in [5.74, 6) is -0.0392. The number of hydrogen-bond donors (Lipinski definition) is 3. The summed E-state index contributed by atoms with van der Waals surface area (Å²) >= 11 is 0. The Kier molecular flexibility index (Phi) is 3.97. The maximum absolute atomic E-state index is 11.6. The van der Waals surface area contributed by atoms with E-state index in [2.05, 4.69) is 20.8 Å². The number of carbonyl (C=O) groups is 2. The van der Waals surface area contributed by atoms with Crippen molar-refractivity contribution in [2.24, 2.45) is 0 Å². The third kappa shape index (κ3) is 3.21. The highest BCUT2D eigenvalue weighted by atomic mass is 16.3. The Morgan fingerprint density at radius 1 is 1.47 bits per heavy atom. The van der Waals surface area contributed by atoms with E-state index in [4.69, 9.17) is 4.42 Å². The van der Waals surface area contributed by atoms with E-state index in [-0.39, 0.29) is 18.2 Å². The van der Waals surface area contributed by atoms with Crippen molar-refractivity contribution in [2.75, 3.05) is 11.9 Å². The number of H-pyrrole nitrogens is 1. The SMILES string of the molecule is CCc1cn[nH]c1NC(=O)CNC(=O)c1ccco1. The number of aromatic nitrogens is 2. The second-order valence-electron chi connectivity index (χ2n) is 3.83. The number of furan rings is 1. The van der Waals surface area contributed by atoms with Crippen LogP contribution in [-0.2, 0) is 11.2 Å². The van der Waals surface area contributed by atoms with Gasteiger partial charge in [-0.3, -0.25) is 14.7 Å². The number of carbonyl (C=O) groups excluding carboxylic acids is 2. The molecule has 0 aliphatic carbocycles. The summed E-state index contributed by atoms with van der Waals surface area (Å²) in [5.41, 5.74) is 0.908. The van der Waals surface area contributed by atoms with Crippen LogP contribution >= 0.6 is 0 Å². The molecule has 100 valence electrons. The average molecular weight is 262 g/mol. The highest BCUT2D eigenvalue weighted by Crippen LogP contribution is 2.10. The van der Waals surface area contributed by atoms with Crippen LogP contribution in [0.5, 0.6) is 0 Å². The summed E-state index contributed by atoms with van der Waals surface area (Å²) in [5, 5.41) is 11.6. The van der Waals surface area contributed by atoms with Crippen molar-refractivity contribution < 1.29 is 14.0 Å². The first-order valence-electron chi connectivity index (χ1n) is 5.84. The number of amides is 2. The van der Waals surface area contributed by atoms with Gasteiger partial charge in [0.15, 0.2) is 5.76 Å². The van der Waals surface area contributed by atoms with Gasteiger partial charge in [-0.05, 0) is 18.6 Å². The van der Waals surface area contributed by atoms with Crippen LogP contribution in [0.25, 0.3) is 0 Å². The van der Waals surface area contributed by atoms with Crippen molar-refractivity contribution in [2.45, 2.75) is 13.3 Å². The maximum Gasteiger partial charge on any atom is 0.287 e. The van der Waals surface area contributed by atoms with E-state index >= 15 is 0 Å². The topological polar surface area (TPSA) is 100 Å². The van der Waals surface area contributed by atoms with Crippen LogP contribution in [0.2, 0.25) is 0 Å². The molecule has 7 heteroatoms. The first kappa shape index (κ1) is 12.9. The van der Waals surface area contributed by atoms with Gasteiger partial charge in [0.25, 0.3) is 5.91 Å². The van der Waals surface area contributed by atoms with Crippen LogP contribution in [0.15, 0.2) is 29.0 Å². The lowest BCUT2D eigenvalue weighted by Gasteiger charge is -2.05. The van der Waals surface area contributed by atoms with Crippen LogP contribution in [0.3, 0.4) is 0 Å². The second kappa shape index (κ2) is 5.85. The largest absolute Gasteiger partial charge is 0.459 e. The van der Waals surface area contributed by atoms with Crippen LogP contribution in [0.1, 0.15) is 23.0 Å². The number of nitrogens with one attached hydrogen (secondary N) is 3. The van der Waals surface area contributed by atoms with Crippen LogP contribution in [0.4, 0.5) is 5.82 Å². The first-order chi connectivity index (χ1) is 9.20. The average Bonchev–Trinajstić information content (AvgIpc) is 3.06. The van der Waals surface area contributed by atoms with Gasteiger partial charge >= 0.3 is 0 Å². The standard InChI is InChI=1S/C12H14N4O3/c1-2-8-6-14-16-11(8)15-10(17)7-13-12(18)9-4-3-5-19-9/h3-6H,2,7H2,1H3,(H,13,18)(H2,14,15,16,17). The predicted molar refractivity (Wildman–Crippen MR) is 67.6 cm³/mol. The molecule has 2 heterocycles. The van der Waals surface area contributed by atoms with Crippen molar-refractivity contribution in [1.29, 1.82) is 0 Å². The lowest BCUT2D eigenvalue weighted by molar-refractivity contribution is -0.115. The Hall–Kier alpha value is -2.57. The monoisotopic (exact) mass is 262 g/mol. The summed E-state index contributed by atoms with van der Waals surface area (Å²) in [6, 6.07) is 3.13. The van der Waals surface area contributed by atoms with E-state index in [1.165, 1.54) is 12.3 Å². The second-order valence-corrected chi connectivity index (χ2v) is 3.83. The van der Waals surface area contributed by atoms with Crippen molar-refractivity contribution in [3.05, 3.63) is 35.9 Å². The summed E-state index contributed by atoms with van der Waals surface area (Å²) in [6.45, 7) is 1.82. The number of hydrogen-bond acceptors (Lipinski definition) is 4. The third-order valence-electron chi connectivity index (χ3n) is 2.52. The molecule has 7 nitrogen and oxygen atoms in total. The molecule has 0 aliphatic rings. The smallest absolute Gasteiger partial charge is 0.287 e. The van der Waals surface area contributed by atoms with E-state index in [0.717, 1.165) is 12.0 Å². The molecule has 2 aromatic rings. The molecule has 0 bridgehead atoms. The molecular weight excluding hydrogens is 248 g/mol. The summed E-state index contributed by atoms with van der Waals surface area (Å²) in [6.07, 6.45) is 3.80. The minimum absolute atomic E-state index is 0.137. The van der Waals surface area contributed by atoms with Crippen LogP contribution in [0, 0.1) is 0 Å². The number of rotatable bonds is 5. The van der Waals surface area contributed by atoms with Crippen molar-refractivity contribution >= 4 is 17.6 Å². The zero-order valence-electron chi connectivity index (χ0n) is 10.4. The molecule has 2 amide bonds. The molecule has 0 fully saturated rings. The van der Waals surface area contributed by atoms with Gasteiger partial charge in [-0.25, -0.2) is 0 Å². The Balaban J connectivity index is 1.84. The van der Waals surface area contributed by atoms with E-state index < -0.39 is 5.91 Å². The molecular formula is C12H14N4O3. The van der Waals surface area contributed by atoms with Gasteiger partial charge < -0.3 is 15.1 Å². The van der Waals surface area contributed by atoms with E-state index in [1.54, 1.807) is 12.3 Å². The first-order valence-corrected chi connectivity index (χ1v) is 5.84. The van der Waals surface area contributed by atoms with Crippen molar-refractivity contribution in [3.8, 4) is 0 Å². The summed E-state index contributed by atoms with van der Waals surface area (Å²) < 4.78 is 4.91. The normalized spacial score (nSPS) is 10.2. The Labute approximate surface area is 109 Å². The molecule has 0 aliphatic heterocycles. The Morgan fingerprint density at radius 2 is 2.32 bits per heavy atom. The number of aromatic amines is 1. The van der Waals surface area contributed by atoms with Gasteiger partial charge in [-0.2, -0.15) is 5.10 Å². The summed E-state index contributed by atoms with van der Waals surface area (Å²) in [7, 11) is 0. The lowest BCUT2D eigenvalue weighted by atomic mass is 10.2. The zero-order valence-corrected chi connectivity index (χ0v) is 10.4. The van der Waals surface area contributed by atoms with E-state index in [0.29, 0.717) is 5.82 Å². The molecule has 0 unspecified atom stereocenters. The van der Waals surface area contributed by atoms with Crippen LogP contribution < -0.4 is 10.6 Å². The maximum atomic E-state index is 11.6. The molecule has 0 saturated heterocycles. The quantitative estimate of drug-likeness (QED) is 0.746. The highest BCUT2D eigenvalue weighted by molar-refractivity contribution is 5.97. The van der Waals surface area contributed by atoms with Crippen molar-refractivity contribution in [1.82, 2.24) is 15.5 Å². The summed E-state index contributed by atoms with van der Waals surface area (Å²) in [4.78, 5) is 23.2. The minimum atomic E-state index is -0.430. The lowest BCUT2D eigenvalue weighted by Crippen LogP contribution is -2.32. The fourth-order valence-corrected chi connectivity index (χ4v) is 1.53. The molecule has 2 rings (SSSR count). The van der Waals surface area contributed by atoms with Gasteiger partial charge in [0.2, 0.25) is 5.91 Å². The minimum Gasteiger partial charge on any atom is -0.459 e. The van der Waals surface area contributed by atoms with Gasteiger partial charge in [0.05, 0.1) is 19.0 Å². The molecule has 2 aromatic heterocycles. The molecule has 0 saturated carbocycles. The number of anilines is 1. The fourth-order valence-electron chi connectivity index (χ4n) is 1.53. The van der Waals surface area contributed by atoms with Gasteiger partial charge in [-0.1, -0.05) is 6.92 Å². The van der Waals surface area contributed by atoms with E-state index in [1.807, 2.05) is 6.92 Å². The number of nitrogens with zero attached hydrogens (tertiary/aromatic N) is 1. The Bertz CT molecular complexity index is 559. The molecule has 0 aromatic carbocycles. The zero-order chi connectivity index (χ0) is 13.7. The molecule has 3 N–H and O–H groups in total. The fraction of sp³-hybridized carbons (Fsp3) is 0.250. The highest BCUT2D eigenvalue weighted by Gasteiger charge is 2.11. The van der Waals surface area contributed by atoms with Gasteiger partial charge in [0, 0.05) is 5.56 Å². The number of aryl methyl sites for hydroxylation is 1. The van der Waals surface area contributed by atoms with E-state index in [9.17, 15) is 9.59 Å². The molecule has 0 atom stereocenters.